The van der Waals surface area contributed by atoms with E-state index in [1.54, 1.807) is 17.6 Å². The second-order valence-electron chi connectivity index (χ2n) is 4.43. The molecule has 0 radical (unpaired) electrons. The number of nitrogens with zero attached hydrogens (tertiary/aromatic N) is 2. The summed E-state index contributed by atoms with van der Waals surface area (Å²) in [5.74, 6) is 1.47. The Bertz CT molecular complexity index is 703. The normalized spacial score (nSPS) is 13.0. The van der Waals surface area contributed by atoms with Crippen LogP contribution < -0.4 is 5.73 Å². The molecule has 0 aliphatic heterocycles. The zero-order valence-electron chi connectivity index (χ0n) is 10.9. The molecule has 2 N–H and O–H groups in total. The van der Waals surface area contributed by atoms with E-state index in [1.807, 2.05) is 19.1 Å². The third-order valence-corrected chi connectivity index (χ3v) is 4.25. The number of nitrogens with two attached hydrogens (primary N) is 1. The Morgan fingerprint density at radius 3 is 2.95 bits per heavy atom. The van der Waals surface area contributed by atoms with Crippen molar-refractivity contribution < 1.29 is 4.42 Å². The highest BCUT2D eigenvalue weighted by atomic mass is 32.1. The second-order valence-corrected chi connectivity index (χ2v) is 5.55. The summed E-state index contributed by atoms with van der Waals surface area (Å²) in [4.78, 5) is 11.3. The molecule has 1 unspecified atom stereocenters. The van der Waals surface area contributed by atoms with Crippen LogP contribution in [0.25, 0.3) is 10.2 Å². The lowest BCUT2D eigenvalue weighted by Crippen LogP contribution is -2.14. The Morgan fingerprint density at radius 2 is 2.26 bits per heavy atom. The molecule has 98 valence electrons. The van der Waals surface area contributed by atoms with Gasteiger partial charge < -0.3 is 10.2 Å². The molecule has 19 heavy (non-hydrogen) atoms. The van der Waals surface area contributed by atoms with E-state index in [0.29, 0.717) is 0 Å². The number of aromatic nitrogens is 2. The van der Waals surface area contributed by atoms with Crippen LogP contribution >= 0.6 is 11.3 Å². The quantitative estimate of drug-likeness (QED) is 0.796. The second kappa shape index (κ2) is 4.75. The summed E-state index contributed by atoms with van der Waals surface area (Å²) < 4.78 is 5.39. The van der Waals surface area contributed by atoms with Gasteiger partial charge in [0.2, 0.25) is 0 Å². The topological polar surface area (TPSA) is 64.9 Å². The van der Waals surface area contributed by atoms with Crippen molar-refractivity contribution in [3.8, 4) is 0 Å². The van der Waals surface area contributed by atoms with Gasteiger partial charge in [-0.15, -0.1) is 11.3 Å². The number of thiophene rings is 1. The van der Waals surface area contributed by atoms with E-state index in [0.717, 1.165) is 33.9 Å². The van der Waals surface area contributed by atoms with Gasteiger partial charge in [-0.3, -0.25) is 0 Å². The third kappa shape index (κ3) is 2.15. The van der Waals surface area contributed by atoms with Crippen LogP contribution in [0.5, 0.6) is 0 Å². The van der Waals surface area contributed by atoms with Crippen LogP contribution in [0.3, 0.4) is 0 Å². The molecule has 0 amide bonds. The van der Waals surface area contributed by atoms with Crippen molar-refractivity contribution in [3.63, 3.8) is 0 Å². The SMILES string of the molecule is CCc1cc2c(C(N)c3ccco3)nc(C)nc2s1. The van der Waals surface area contributed by atoms with Crippen molar-refractivity contribution in [2.24, 2.45) is 5.73 Å². The number of hydrogen-bond acceptors (Lipinski definition) is 5. The Balaban J connectivity index is 2.19. The zero-order chi connectivity index (χ0) is 13.4. The van der Waals surface area contributed by atoms with Crippen LogP contribution in [0.2, 0.25) is 0 Å². The summed E-state index contributed by atoms with van der Waals surface area (Å²) in [6, 6.07) is 5.50. The van der Waals surface area contributed by atoms with E-state index in [-0.39, 0.29) is 6.04 Å². The maximum Gasteiger partial charge on any atom is 0.127 e. The van der Waals surface area contributed by atoms with Crippen LogP contribution in [0, 0.1) is 6.92 Å². The molecule has 4 nitrogen and oxygen atoms in total. The summed E-state index contributed by atoms with van der Waals surface area (Å²) in [7, 11) is 0. The molecule has 0 aliphatic carbocycles. The maximum absolute atomic E-state index is 6.27. The Kier molecular flexibility index (Phi) is 3.08. The predicted octanol–water partition coefficient (Wildman–Crippen LogP) is 3.20. The van der Waals surface area contributed by atoms with Crippen molar-refractivity contribution in [1.29, 1.82) is 0 Å². The molecule has 0 fully saturated rings. The predicted molar refractivity (Wildman–Crippen MR) is 76.3 cm³/mol. The van der Waals surface area contributed by atoms with Gasteiger partial charge in [-0.05, 0) is 31.5 Å². The molecule has 5 heteroatoms. The summed E-state index contributed by atoms with van der Waals surface area (Å²) in [5.41, 5.74) is 7.11. The minimum atomic E-state index is -0.349. The highest BCUT2D eigenvalue weighted by molar-refractivity contribution is 7.18. The Hall–Kier alpha value is -1.72. The largest absolute Gasteiger partial charge is 0.467 e. The molecular weight excluding hydrogens is 258 g/mol. The molecule has 0 saturated carbocycles. The van der Waals surface area contributed by atoms with Gasteiger partial charge in [0, 0.05) is 10.3 Å². The highest BCUT2D eigenvalue weighted by Crippen LogP contribution is 2.31. The lowest BCUT2D eigenvalue weighted by Gasteiger charge is -2.10. The molecule has 0 aromatic carbocycles. The van der Waals surface area contributed by atoms with Gasteiger partial charge in [-0.1, -0.05) is 6.92 Å². The molecule has 3 heterocycles. The fourth-order valence-electron chi connectivity index (χ4n) is 2.12. The summed E-state index contributed by atoms with van der Waals surface area (Å²) >= 11 is 1.70. The molecular formula is C14H15N3OS. The Morgan fingerprint density at radius 1 is 1.42 bits per heavy atom. The first kappa shape index (κ1) is 12.3. The first-order valence-corrected chi connectivity index (χ1v) is 7.06. The molecule has 0 saturated heterocycles. The average Bonchev–Trinajstić information content (AvgIpc) is 3.05. The fourth-order valence-corrected chi connectivity index (χ4v) is 3.14. The van der Waals surface area contributed by atoms with Gasteiger partial charge in [0.25, 0.3) is 0 Å². The monoisotopic (exact) mass is 273 g/mol. The molecule has 0 bridgehead atoms. The van der Waals surface area contributed by atoms with E-state index in [9.17, 15) is 0 Å². The number of rotatable bonds is 3. The number of hydrogen-bond donors (Lipinski definition) is 1. The minimum absolute atomic E-state index is 0.349. The van der Waals surface area contributed by atoms with E-state index in [2.05, 4.69) is 23.0 Å². The van der Waals surface area contributed by atoms with Crippen LogP contribution in [-0.2, 0) is 6.42 Å². The Labute approximate surface area is 115 Å². The number of aryl methyl sites for hydroxylation is 2. The van der Waals surface area contributed by atoms with Crippen molar-refractivity contribution in [2.75, 3.05) is 0 Å². The van der Waals surface area contributed by atoms with Gasteiger partial charge >= 0.3 is 0 Å². The highest BCUT2D eigenvalue weighted by Gasteiger charge is 2.19. The molecule has 3 aromatic rings. The molecule has 0 spiro atoms. The van der Waals surface area contributed by atoms with Gasteiger partial charge in [-0.25, -0.2) is 9.97 Å². The first-order valence-electron chi connectivity index (χ1n) is 6.25. The van der Waals surface area contributed by atoms with Gasteiger partial charge in [-0.2, -0.15) is 0 Å². The van der Waals surface area contributed by atoms with E-state index < -0.39 is 0 Å². The number of fused-ring (bicyclic) bond motifs is 1. The van der Waals surface area contributed by atoms with Crippen LogP contribution in [0.1, 0.15) is 35.1 Å². The molecule has 1 atom stereocenters. The standard InChI is InChI=1S/C14H15N3OS/c1-3-9-7-10-13(12(15)11-5-4-6-18-11)16-8(2)17-14(10)19-9/h4-7,12H,3,15H2,1-2H3. The lowest BCUT2D eigenvalue weighted by molar-refractivity contribution is 0.487. The fraction of sp³-hybridized carbons (Fsp3) is 0.286. The van der Waals surface area contributed by atoms with Crippen LogP contribution in [0.4, 0.5) is 0 Å². The maximum atomic E-state index is 6.27. The van der Waals surface area contributed by atoms with Gasteiger partial charge in [0.05, 0.1) is 12.0 Å². The molecule has 3 rings (SSSR count). The van der Waals surface area contributed by atoms with E-state index in [1.165, 1.54) is 4.88 Å². The average molecular weight is 273 g/mol. The van der Waals surface area contributed by atoms with Crippen molar-refractivity contribution in [1.82, 2.24) is 9.97 Å². The van der Waals surface area contributed by atoms with Gasteiger partial charge in [0.1, 0.15) is 22.5 Å². The van der Waals surface area contributed by atoms with Crippen LogP contribution in [0.15, 0.2) is 28.9 Å². The number of furan rings is 1. The smallest absolute Gasteiger partial charge is 0.127 e. The minimum Gasteiger partial charge on any atom is -0.467 e. The molecule has 0 aliphatic rings. The van der Waals surface area contributed by atoms with E-state index in [4.69, 9.17) is 10.2 Å². The van der Waals surface area contributed by atoms with Crippen LogP contribution in [-0.4, -0.2) is 9.97 Å². The summed E-state index contributed by atoms with van der Waals surface area (Å²) in [6.07, 6.45) is 2.63. The third-order valence-electron chi connectivity index (χ3n) is 3.08. The van der Waals surface area contributed by atoms with Crippen molar-refractivity contribution in [2.45, 2.75) is 26.3 Å². The summed E-state index contributed by atoms with van der Waals surface area (Å²) in [6.45, 7) is 4.03. The van der Waals surface area contributed by atoms with Crippen molar-refractivity contribution in [3.05, 3.63) is 46.6 Å². The lowest BCUT2D eigenvalue weighted by atomic mass is 10.1. The van der Waals surface area contributed by atoms with Gasteiger partial charge in [0.15, 0.2) is 0 Å². The zero-order valence-corrected chi connectivity index (χ0v) is 11.7. The first-order chi connectivity index (χ1) is 9.19. The molecule has 3 aromatic heterocycles. The van der Waals surface area contributed by atoms with E-state index >= 15 is 0 Å². The van der Waals surface area contributed by atoms with Crippen molar-refractivity contribution >= 4 is 21.6 Å². The summed E-state index contributed by atoms with van der Waals surface area (Å²) in [5, 5.41) is 1.04.